The Hall–Kier alpha value is -3.62. The van der Waals surface area contributed by atoms with Gasteiger partial charge in [-0.2, -0.15) is 5.10 Å². The maximum Gasteiger partial charge on any atom is 0.256 e. The van der Waals surface area contributed by atoms with Crippen molar-refractivity contribution in [3.05, 3.63) is 72.2 Å². The molecule has 188 valence electrons. The fourth-order valence-corrected chi connectivity index (χ4v) is 4.87. The van der Waals surface area contributed by atoms with Crippen molar-refractivity contribution in [3.8, 4) is 16.9 Å². The van der Waals surface area contributed by atoms with Crippen LogP contribution in [-0.4, -0.2) is 77.0 Å². The first-order valence-corrected chi connectivity index (χ1v) is 12.4. The zero-order valence-corrected chi connectivity index (χ0v) is 20.9. The van der Waals surface area contributed by atoms with E-state index in [0.29, 0.717) is 13.1 Å². The molecule has 0 saturated carbocycles. The van der Waals surface area contributed by atoms with Crippen LogP contribution in [0.2, 0.25) is 0 Å². The van der Waals surface area contributed by atoms with Crippen LogP contribution in [0, 0.1) is 0 Å². The van der Waals surface area contributed by atoms with Gasteiger partial charge < -0.3 is 18.9 Å². The monoisotopic (exact) mass is 487 g/mol. The molecule has 4 aromatic rings. The minimum Gasteiger partial charge on any atom is -0.497 e. The zero-order chi connectivity index (χ0) is 24.9. The summed E-state index contributed by atoms with van der Waals surface area (Å²) in [5, 5.41) is 7.88. The van der Waals surface area contributed by atoms with E-state index in [1.54, 1.807) is 13.3 Å². The van der Waals surface area contributed by atoms with Crippen molar-refractivity contribution < 1.29 is 14.3 Å². The van der Waals surface area contributed by atoms with Crippen LogP contribution in [0.15, 0.2) is 61.1 Å². The minimum atomic E-state index is 0.0430. The molecule has 1 aliphatic heterocycles. The van der Waals surface area contributed by atoms with E-state index in [-0.39, 0.29) is 5.91 Å². The number of nitrogens with zero attached hydrogens (tertiary/aromatic N) is 4. The van der Waals surface area contributed by atoms with Gasteiger partial charge in [-0.3, -0.25) is 14.8 Å². The summed E-state index contributed by atoms with van der Waals surface area (Å²) in [6, 6.07) is 14.2. The summed E-state index contributed by atoms with van der Waals surface area (Å²) in [6.07, 6.45) is 6.54. The van der Waals surface area contributed by atoms with Crippen LogP contribution in [0.1, 0.15) is 22.3 Å². The number of aromatic nitrogens is 3. The van der Waals surface area contributed by atoms with Gasteiger partial charge in [0.1, 0.15) is 5.75 Å². The van der Waals surface area contributed by atoms with Gasteiger partial charge in [0.15, 0.2) is 0 Å². The highest BCUT2D eigenvalue weighted by Crippen LogP contribution is 2.28. The number of hydrogen-bond donors (Lipinski definition) is 1. The molecule has 1 aliphatic rings. The van der Waals surface area contributed by atoms with Gasteiger partial charge in [-0.1, -0.05) is 24.3 Å². The molecule has 0 bridgehead atoms. The quantitative estimate of drug-likeness (QED) is 0.387. The summed E-state index contributed by atoms with van der Waals surface area (Å²) in [5.74, 6) is 0.839. The second-order valence-electron chi connectivity index (χ2n) is 9.26. The van der Waals surface area contributed by atoms with Crippen LogP contribution in [0.5, 0.6) is 5.75 Å². The molecule has 0 spiro atoms. The average Bonchev–Trinajstić information content (AvgIpc) is 3.57. The number of hydrogen-bond acceptors (Lipinski definition) is 5. The van der Waals surface area contributed by atoms with E-state index >= 15 is 0 Å². The van der Waals surface area contributed by atoms with Crippen molar-refractivity contribution in [1.82, 2.24) is 24.6 Å². The van der Waals surface area contributed by atoms with Crippen LogP contribution in [-0.2, 0) is 18.3 Å². The van der Waals surface area contributed by atoms with Crippen molar-refractivity contribution in [3.63, 3.8) is 0 Å². The number of carbonyl (C=O) groups is 1. The van der Waals surface area contributed by atoms with Crippen molar-refractivity contribution in [2.75, 3.05) is 46.5 Å². The van der Waals surface area contributed by atoms with E-state index < -0.39 is 0 Å². The van der Waals surface area contributed by atoms with Crippen molar-refractivity contribution in [2.24, 2.45) is 7.05 Å². The molecule has 2 aromatic heterocycles. The molecule has 2 aromatic carbocycles. The summed E-state index contributed by atoms with van der Waals surface area (Å²) in [7, 11) is 3.65. The molecule has 1 saturated heterocycles. The van der Waals surface area contributed by atoms with E-state index in [0.717, 1.165) is 78.2 Å². The van der Waals surface area contributed by atoms with Gasteiger partial charge in [-0.25, -0.2) is 0 Å². The summed E-state index contributed by atoms with van der Waals surface area (Å²) in [6.45, 7) is 5.62. The molecule has 5 rings (SSSR count). The highest BCUT2D eigenvalue weighted by molar-refractivity contribution is 6.07. The number of rotatable bonds is 9. The Morgan fingerprint density at radius 1 is 1.17 bits per heavy atom. The molecular weight excluding hydrogens is 454 g/mol. The third kappa shape index (κ3) is 5.29. The summed E-state index contributed by atoms with van der Waals surface area (Å²) >= 11 is 0. The number of aryl methyl sites for hydroxylation is 1. The standard InChI is InChI=1S/C28H33N5O3/c1-31-20-26(25-8-7-22(16-27(25)31)23-17-29-30-18-23)28(34)33(10-4-9-32-11-13-36-14-12-32)19-21-5-3-6-24(15-21)35-2/h3,5-8,15-18,20H,4,9-14,19H2,1-2H3,(H,29,30). The van der Waals surface area contributed by atoms with Crippen molar-refractivity contribution in [2.45, 2.75) is 13.0 Å². The van der Waals surface area contributed by atoms with E-state index in [9.17, 15) is 4.79 Å². The van der Waals surface area contributed by atoms with E-state index in [1.165, 1.54) is 0 Å². The van der Waals surface area contributed by atoms with Crippen LogP contribution < -0.4 is 4.74 Å². The van der Waals surface area contributed by atoms with Crippen molar-refractivity contribution >= 4 is 16.8 Å². The third-order valence-corrected chi connectivity index (χ3v) is 6.85. The fourth-order valence-electron chi connectivity index (χ4n) is 4.87. The average molecular weight is 488 g/mol. The Kier molecular flexibility index (Phi) is 7.34. The van der Waals surface area contributed by atoms with E-state index in [1.807, 2.05) is 59.2 Å². The molecule has 8 nitrogen and oxygen atoms in total. The predicted molar refractivity (Wildman–Crippen MR) is 140 cm³/mol. The maximum atomic E-state index is 14.0. The summed E-state index contributed by atoms with van der Waals surface area (Å²) in [4.78, 5) is 18.3. The van der Waals surface area contributed by atoms with Gasteiger partial charge in [0.05, 0.1) is 32.1 Å². The molecule has 3 heterocycles. The lowest BCUT2D eigenvalue weighted by Gasteiger charge is -2.28. The second-order valence-corrected chi connectivity index (χ2v) is 9.26. The van der Waals surface area contributed by atoms with Gasteiger partial charge in [-0.05, 0) is 35.7 Å². The van der Waals surface area contributed by atoms with Gasteiger partial charge in [-0.15, -0.1) is 0 Å². The molecule has 8 heteroatoms. The van der Waals surface area contributed by atoms with Crippen molar-refractivity contribution in [1.29, 1.82) is 0 Å². The number of H-pyrrole nitrogens is 1. The van der Waals surface area contributed by atoms with Gasteiger partial charge in [0, 0.05) is 68.6 Å². The third-order valence-electron chi connectivity index (χ3n) is 6.85. The number of methoxy groups -OCH3 is 1. The van der Waals surface area contributed by atoms with E-state index in [2.05, 4.69) is 27.2 Å². The largest absolute Gasteiger partial charge is 0.497 e. The number of ether oxygens (including phenoxy) is 2. The number of carbonyl (C=O) groups excluding carboxylic acids is 1. The summed E-state index contributed by atoms with van der Waals surface area (Å²) < 4.78 is 12.9. The van der Waals surface area contributed by atoms with Gasteiger partial charge in [0.25, 0.3) is 5.91 Å². The predicted octanol–water partition coefficient (Wildman–Crippen LogP) is 3.94. The Morgan fingerprint density at radius 2 is 2.03 bits per heavy atom. The molecule has 0 radical (unpaired) electrons. The molecule has 1 fully saturated rings. The Labute approximate surface area is 211 Å². The van der Waals surface area contributed by atoms with Gasteiger partial charge in [0.2, 0.25) is 0 Å². The van der Waals surface area contributed by atoms with E-state index in [4.69, 9.17) is 9.47 Å². The van der Waals surface area contributed by atoms with Crippen LogP contribution in [0.3, 0.4) is 0 Å². The molecule has 1 amide bonds. The lowest BCUT2D eigenvalue weighted by atomic mass is 10.1. The normalized spacial score (nSPS) is 14.3. The first-order chi connectivity index (χ1) is 17.6. The Bertz CT molecular complexity index is 1310. The number of fused-ring (bicyclic) bond motifs is 1. The topological polar surface area (TPSA) is 75.6 Å². The molecule has 36 heavy (non-hydrogen) atoms. The Balaban J connectivity index is 1.40. The fraction of sp³-hybridized carbons (Fsp3) is 0.357. The summed E-state index contributed by atoms with van der Waals surface area (Å²) in [5.41, 5.74) is 4.88. The highest BCUT2D eigenvalue weighted by atomic mass is 16.5. The zero-order valence-electron chi connectivity index (χ0n) is 20.9. The number of benzene rings is 2. The molecule has 0 atom stereocenters. The molecule has 1 N–H and O–H groups in total. The smallest absolute Gasteiger partial charge is 0.256 e. The lowest BCUT2D eigenvalue weighted by molar-refractivity contribution is 0.0355. The highest BCUT2D eigenvalue weighted by Gasteiger charge is 2.22. The second kappa shape index (κ2) is 11.0. The number of nitrogens with one attached hydrogen (secondary N) is 1. The molecule has 0 aliphatic carbocycles. The number of aromatic amines is 1. The number of morpholine rings is 1. The molecule has 0 unspecified atom stereocenters. The maximum absolute atomic E-state index is 14.0. The SMILES string of the molecule is COc1cccc(CN(CCCN2CCOCC2)C(=O)c2cn(C)c3cc(-c4cn[nH]c4)ccc23)c1. The first kappa shape index (κ1) is 24.1. The van der Waals surface area contributed by atoms with Crippen LogP contribution in [0.4, 0.5) is 0 Å². The van der Waals surface area contributed by atoms with Crippen LogP contribution in [0.25, 0.3) is 22.0 Å². The first-order valence-electron chi connectivity index (χ1n) is 12.4. The Morgan fingerprint density at radius 3 is 2.81 bits per heavy atom. The lowest BCUT2D eigenvalue weighted by Crippen LogP contribution is -2.39. The molecular formula is C28H33N5O3. The number of amides is 1. The van der Waals surface area contributed by atoms with Gasteiger partial charge >= 0.3 is 0 Å². The van der Waals surface area contributed by atoms with Crippen LogP contribution >= 0.6 is 0 Å². The minimum absolute atomic E-state index is 0.0430.